The molecule has 0 amide bonds. The van der Waals surface area contributed by atoms with E-state index < -0.39 is 0 Å². The van der Waals surface area contributed by atoms with Crippen LogP contribution in [0.25, 0.3) is 11.2 Å². The first-order valence-corrected chi connectivity index (χ1v) is 8.60. The van der Waals surface area contributed by atoms with Crippen LogP contribution in [0.3, 0.4) is 0 Å². The first-order chi connectivity index (χ1) is 11.0. The highest BCUT2D eigenvalue weighted by atomic mass is 16.2. The van der Waals surface area contributed by atoms with Gasteiger partial charge in [0.25, 0.3) is 5.56 Å². The summed E-state index contributed by atoms with van der Waals surface area (Å²) in [5.74, 6) is 0.881. The minimum absolute atomic E-state index is 0.274. The van der Waals surface area contributed by atoms with Crippen LogP contribution in [-0.4, -0.2) is 18.7 Å². The number of aromatic nitrogens is 4. The number of hydrogen-bond donors (Lipinski definition) is 0. The molecule has 0 bridgehead atoms. The molecule has 6 heteroatoms. The fraction of sp³-hybridized carbons (Fsp3) is 0.706. The number of hydrogen-bond acceptors (Lipinski definition) is 3. The van der Waals surface area contributed by atoms with Gasteiger partial charge in [-0.25, -0.2) is 9.78 Å². The van der Waals surface area contributed by atoms with Crippen molar-refractivity contribution in [3.05, 3.63) is 26.7 Å². The molecule has 2 rings (SSSR count). The lowest BCUT2D eigenvalue weighted by molar-refractivity contribution is 0.581. The first-order valence-electron chi connectivity index (χ1n) is 8.60. The van der Waals surface area contributed by atoms with Gasteiger partial charge >= 0.3 is 5.69 Å². The van der Waals surface area contributed by atoms with Crippen molar-refractivity contribution in [3.63, 3.8) is 0 Å². The molecule has 2 aromatic rings. The molecular weight excluding hydrogens is 292 g/mol. The molecule has 0 aliphatic rings. The number of nitrogens with zero attached hydrogens (tertiary/aromatic N) is 4. The second-order valence-electron chi connectivity index (χ2n) is 6.34. The Kier molecular flexibility index (Phi) is 5.80. The van der Waals surface area contributed by atoms with E-state index in [1.807, 2.05) is 11.6 Å². The summed E-state index contributed by atoms with van der Waals surface area (Å²) in [5.41, 5.74) is 0.387. The Morgan fingerprint density at radius 2 is 1.43 bits per heavy atom. The van der Waals surface area contributed by atoms with Gasteiger partial charge in [-0.1, -0.05) is 45.4 Å². The van der Waals surface area contributed by atoms with Gasteiger partial charge in [-0.2, -0.15) is 0 Å². The smallest absolute Gasteiger partial charge is 0.325 e. The van der Waals surface area contributed by atoms with Crippen LogP contribution in [0, 0.1) is 0 Å². The van der Waals surface area contributed by atoms with Gasteiger partial charge in [0.2, 0.25) is 0 Å². The highest BCUT2D eigenvalue weighted by molar-refractivity contribution is 5.70. The summed E-state index contributed by atoms with van der Waals surface area (Å²) in [6.07, 6.45) is 9.56. The highest BCUT2D eigenvalue weighted by Crippen LogP contribution is 2.13. The van der Waals surface area contributed by atoms with Gasteiger partial charge in [-0.05, 0) is 6.42 Å². The molecule has 2 aromatic heterocycles. The Morgan fingerprint density at radius 1 is 0.826 bits per heavy atom. The molecule has 128 valence electrons. The summed E-state index contributed by atoms with van der Waals surface area (Å²) >= 11 is 0. The number of aryl methyl sites for hydroxylation is 3. The van der Waals surface area contributed by atoms with Crippen molar-refractivity contribution in [1.82, 2.24) is 18.7 Å². The summed E-state index contributed by atoms with van der Waals surface area (Å²) in [6, 6.07) is 0. The van der Waals surface area contributed by atoms with E-state index in [0.717, 1.165) is 23.2 Å². The van der Waals surface area contributed by atoms with Crippen molar-refractivity contribution in [2.75, 3.05) is 0 Å². The largest absolute Gasteiger partial charge is 0.332 e. The average Bonchev–Trinajstić information content (AvgIpc) is 2.87. The van der Waals surface area contributed by atoms with Crippen molar-refractivity contribution < 1.29 is 0 Å². The third-order valence-electron chi connectivity index (χ3n) is 4.57. The Balaban J connectivity index is 2.10. The van der Waals surface area contributed by atoms with E-state index in [0.29, 0.717) is 11.2 Å². The fourth-order valence-electron chi connectivity index (χ4n) is 3.03. The predicted molar refractivity (Wildman–Crippen MR) is 92.9 cm³/mol. The fourth-order valence-corrected chi connectivity index (χ4v) is 3.03. The van der Waals surface area contributed by atoms with Gasteiger partial charge < -0.3 is 4.57 Å². The van der Waals surface area contributed by atoms with Gasteiger partial charge in [0.05, 0.1) is 0 Å². The van der Waals surface area contributed by atoms with E-state index >= 15 is 0 Å². The lowest BCUT2D eigenvalue weighted by atomic mass is 10.1. The maximum atomic E-state index is 12.3. The molecule has 0 saturated carbocycles. The highest BCUT2D eigenvalue weighted by Gasteiger charge is 2.16. The van der Waals surface area contributed by atoms with Crippen LogP contribution in [-0.2, 0) is 27.6 Å². The second-order valence-corrected chi connectivity index (χ2v) is 6.34. The van der Waals surface area contributed by atoms with Crippen molar-refractivity contribution in [1.29, 1.82) is 0 Å². The zero-order chi connectivity index (χ0) is 17.0. The number of fused-ring (bicyclic) bond motifs is 1. The van der Waals surface area contributed by atoms with Crippen molar-refractivity contribution in [2.24, 2.45) is 21.1 Å². The molecular formula is C17H28N4O2. The van der Waals surface area contributed by atoms with Crippen molar-refractivity contribution in [2.45, 2.75) is 58.3 Å². The van der Waals surface area contributed by atoms with Crippen LogP contribution in [0.1, 0.15) is 57.7 Å². The zero-order valence-electron chi connectivity index (χ0n) is 14.8. The SMILES string of the molecule is CCCCCCCCCc1nc2c(c(=O)n(C)c(=O)n2C)n1C. The quantitative estimate of drug-likeness (QED) is 0.701. The molecule has 23 heavy (non-hydrogen) atoms. The summed E-state index contributed by atoms with van der Waals surface area (Å²) < 4.78 is 4.43. The maximum absolute atomic E-state index is 12.3. The van der Waals surface area contributed by atoms with Crippen LogP contribution in [0.4, 0.5) is 0 Å². The maximum Gasteiger partial charge on any atom is 0.332 e. The molecule has 6 nitrogen and oxygen atoms in total. The van der Waals surface area contributed by atoms with Gasteiger partial charge in [0, 0.05) is 27.6 Å². The molecule has 0 aliphatic heterocycles. The normalized spacial score (nSPS) is 11.5. The molecule has 0 spiro atoms. The van der Waals surface area contributed by atoms with Crippen LogP contribution >= 0.6 is 0 Å². The summed E-state index contributed by atoms with van der Waals surface area (Å²) in [4.78, 5) is 28.8. The molecule has 0 N–H and O–H groups in total. The average molecular weight is 320 g/mol. The van der Waals surface area contributed by atoms with Crippen molar-refractivity contribution >= 4 is 11.2 Å². The molecule has 0 saturated heterocycles. The monoisotopic (exact) mass is 320 g/mol. The summed E-state index contributed by atoms with van der Waals surface area (Å²) in [7, 11) is 5.03. The van der Waals surface area contributed by atoms with Gasteiger partial charge in [-0.15, -0.1) is 0 Å². The molecule has 0 unspecified atom stereocenters. The van der Waals surface area contributed by atoms with Crippen LogP contribution in [0.5, 0.6) is 0 Å². The van der Waals surface area contributed by atoms with E-state index in [2.05, 4.69) is 11.9 Å². The van der Waals surface area contributed by atoms with Gasteiger partial charge in [0.1, 0.15) is 5.82 Å². The Morgan fingerprint density at radius 3 is 2.09 bits per heavy atom. The van der Waals surface area contributed by atoms with E-state index in [1.54, 1.807) is 7.05 Å². The van der Waals surface area contributed by atoms with Crippen molar-refractivity contribution in [3.8, 4) is 0 Å². The lowest BCUT2D eigenvalue weighted by Gasteiger charge is -2.04. The van der Waals surface area contributed by atoms with E-state index in [1.165, 1.54) is 50.1 Å². The Bertz CT molecular complexity index is 782. The van der Waals surface area contributed by atoms with E-state index in [4.69, 9.17) is 0 Å². The first kappa shape index (κ1) is 17.5. The van der Waals surface area contributed by atoms with E-state index in [-0.39, 0.29) is 11.2 Å². The number of rotatable bonds is 8. The topological polar surface area (TPSA) is 61.8 Å². The Labute approximate surface area is 136 Å². The zero-order valence-corrected chi connectivity index (χ0v) is 14.8. The minimum atomic E-state index is -0.330. The third-order valence-corrected chi connectivity index (χ3v) is 4.57. The summed E-state index contributed by atoms with van der Waals surface area (Å²) in [5, 5.41) is 0. The molecule has 0 fully saturated rings. The third kappa shape index (κ3) is 3.57. The standard InChI is InChI=1S/C17H28N4O2/c1-5-6-7-8-9-10-11-12-13-18-15-14(19(13)2)16(22)21(4)17(23)20(15)3/h5-12H2,1-4H3. The number of unbranched alkanes of at least 4 members (excludes halogenated alkanes) is 6. The molecule has 0 atom stereocenters. The van der Waals surface area contributed by atoms with Gasteiger partial charge in [0.15, 0.2) is 11.2 Å². The molecule has 0 radical (unpaired) electrons. The van der Waals surface area contributed by atoms with Crippen LogP contribution in [0.2, 0.25) is 0 Å². The number of imidazole rings is 1. The minimum Gasteiger partial charge on any atom is -0.325 e. The predicted octanol–water partition coefficient (Wildman–Crippen LogP) is 2.26. The molecule has 2 heterocycles. The Hall–Kier alpha value is -1.85. The van der Waals surface area contributed by atoms with E-state index in [9.17, 15) is 9.59 Å². The van der Waals surface area contributed by atoms with Crippen LogP contribution < -0.4 is 11.2 Å². The summed E-state index contributed by atoms with van der Waals surface area (Å²) in [6.45, 7) is 2.23. The lowest BCUT2D eigenvalue weighted by Crippen LogP contribution is -2.37. The second kappa shape index (κ2) is 7.62. The van der Waals surface area contributed by atoms with Crippen LogP contribution in [0.15, 0.2) is 9.59 Å². The molecule has 0 aliphatic carbocycles. The van der Waals surface area contributed by atoms with Gasteiger partial charge in [-0.3, -0.25) is 13.9 Å². The molecule has 0 aromatic carbocycles.